The molecule has 0 aromatic carbocycles. The van der Waals surface area contributed by atoms with Crippen molar-refractivity contribution in [2.24, 2.45) is 11.7 Å². The monoisotopic (exact) mass is 223 g/mol. The van der Waals surface area contributed by atoms with Gasteiger partial charge in [-0.15, -0.1) is 0 Å². The third kappa shape index (κ3) is 1.90. The van der Waals surface area contributed by atoms with Crippen molar-refractivity contribution in [2.75, 3.05) is 13.1 Å². The van der Waals surface area contributed by atoms with Gasteiger partial charge in [-0.05, 0) is 12.0 Å². The largest absolute Gasteiger partial charge is 0.337 e. The Kier molecular flexibility index (Phi) is 2.87. The fourth-order valence-electron chi connectivity index (χ4n) is 1.88. The minimum atomic E-state index is -0.583. The van der Waals surface area contributed by atoms with Gasteiger partial charge in [0.2, 0.25) is 0 Å². The van der Waals surface area contributed by atoms with E-state index in [9.17, 15) is 9.18 Å². The summed E-state index contributed by atoms with van der Waals surface area (Å²) in [5, 5.41) is 0. The van der Waals surface area contributed by atoms with E-state index in [1.807, 2.05) is 6.92 Å². The Bertz CT molecular complexity index is 400. The topological polar surface area (TPSA) is 59.2 Å². The Morgan fingerprint density at radius 3 is 2.94 bits per heavy atom. The summed E-state index contributed by atoms with van der Waals surface area (Å²) in [7, 11) is 0. The van der Waals surface area contributed by atoms with Gasteiger partial charge in [0.15, 0.2) is 5.82 Å². The second kappa shape index (κ2) is 4.17. The minimum absolute atomic E-state index is 0.0196. The van der Waals surface area contributed by atoms with Gasteiger partial charge in [0, 0.05) is 25.3 Å². The van der Waals surface area contributed by atoms with E-state index < -0.39 is 5.82 Å². The molecule has 16 heavy (non-hydrogen) atoms. The van der Waals surface area contributed by atoms with E-state index in [0.29, 0.717) is 13.1 Å². The van der Waals surface area contributed by atoms with Crippen molar-refractivity contribution in [3.63, 3.8) is 0 Å². The second-order valence-corrected chi connectivity index (χ2v) is 4.21. The SMILES string of the molecule is CC1CN(C(=O)c2ccncc2F)CC1N. The number of rotatable bonds is 1. The van der Waals surface area contributed by atoms with Crippen molar-refractivity contribution >= 4 is 5.91 Å². The first-order valence-corrected chi connectivity index (χ1v) is 5.24. The van der Waals surface area contributed by atoms with Crippen LogP contribution in [-0.2, 0) is 0 Å². The fraction of sp³-hybridized carbons (Fsp3) is 0.455. The Balaban J connectivity index is 2.18. The van der Waals surface area contributed by atoms with Crippen LogP contribution in [-0.4, -0.2) is 34.9 Å². The van der Waals surface area contributed by atoms with Gasteiger partial charge < -0.3 is 10.6 Å². The van der Waals surface area contributed by atoms with Crippen molar-refractivity contribution < 1.29 is 9.18 Å². The molecule has 2 atom stereocenters. The Morgan fingerprint density at radius 1 is 1.62 bits per heavy atom. The van der Waals surface area contributed by atoms with Crippen LogP contribution in [0.25, 0.3) is 0 Å². The first-order valence-electron chi connectivity index (χ1n) is 5.24. The number of likely N-dealkylation sites (tertiary alicyclic amines) is 1. The maximum atomic E-state index is 13.3. The first kappa shape index (κ1) is 11.0. The van der Waals surface area contributed by atoms with Gasteiger partial charge in [0.1, 0.15) is 0 Å². The summed E-state index contributed by atoms with van der Waals surface area (Å²) in [6.07, 6.45) is 2.46. The molecule has 1 fully saturated rings. The maximum Gasteiger partial charge on any atom is 0.257 e. The molecule has 1 aromatic rings. The maximum absolute atomic E-state index is 13.3. The standard InChI is InChI=1S/C11H14FN3O/c1-7-5-15(6-10(7)13)11(16)8-2-3-14-4-9(8)12/h2-4,7,10H,5-6,13H2,1H3. The van der Waals surface area contributed by atoms with Gasteiger partial charge in [-0.3, -0.25) is 9.78 Å². The van der Waals surface area contributed by atoms with Crippen molar-refractivity contribution in [3.8, 4) is 0 Å². The third-order valence-electron chi connectivity index (χ3n) is 2.96. The van der Waals surface area contributed by atoms with Crippen LogP contribution in [0.15, 0.2) is 18.5 Å². The molecule has 0 aliphatic carbocycles. The number of carbonyl (C=O) groups is 1. The molecule has 2 rings (SSSR count). The summed E-state index contributed by atoms with van der Waals surface area (Å²) < 4.78 is 13.3. The number of carbonyl (C=O) groups excluding carboxylic acids is 1. The predicted octanol–water partition coefficient (Wildman–Crippen LogP) is 0.640. The van der Waals surface area contributed by atoms with E-state index in [2.05, 4.69) is 4.98 Å². The lowest BCUT2D eigenvalue weighted by Gasteiger charge is -2.15. The Hall–Kier alpha value is -1.49. The second-order valence-electron chi connectivity index (χ2n) is 4.21. The summed E-state index contributed by atoms with van der Waals surface area (Å²) in [6, 6.07) is 1.38. The molecular weight excluding hydrogens is 209 g/mol. The molecule has 1 aliphatic rings. The smallest absolute Gasteiger partial charge is 0.257 e. The van der Waals surface area contributed by atoms with Crippen LogP contribution in [0.5, 0.6) is 0 Å². The van der Waals surface area contributed by atoms with Crippen LogP contribution in [0.2, 0.25) is 0 Å². The summed E-state index contributed by atoms with van der Waals surface area (Å²) >= 11 is 0. The molecule has 1 amide bonds. The van der Waals surface area contributed by atoms with E-state index in [1.54, 1.807) is 4.90 Å². The lowest BCUT2D eigenvalue weighted by atomic mass is 10.1. The summed E-state index contributed by atoms with van der Waals surface area (Å²) in [5.41, 5.74) is 5.89. The highest BCUT2D eigenvalue weighted by Crippen LogP contribution is 2.18. The van der Waals surface area contributed by atoms with Crippen LogP contribution in [0, 0.1) is 11.7 Å². The lowest BCUT2D eigenvalue weighted by Crippen LogP contribution is -2.32. The summed E-state index contributed by atoms with van der Waals surface area (Å²) in [4.78, 5) is 17.2. The quantitative estimate of drug-likeness (QED) is 0.760. The normalized spacial score (nSPS) is 24.8. The summed E-state index contributed by atoms with van der Waals surface area (Å²) in [6.45, 7) is 3.06. The lowest BCUT2D eigenvalue weighted by molar-refractivity contribution is 0.0782. The van der Waals surface area contributed by atoms with Gasteiger partial charge in [0.25, 0.3) is 5.91 Å². The number of aromatic nitrogens is 1. The molecule has 0 spiro atoms. The van der Waals surface area contributed by atoms with E-state index >= 15 is 0 Å². The zero-order chi connectivity index (χ0) is 11.7. The van der Waals surface area contributed by atoms with Gasteiger partial charge >= 0.3 is 0 Å². The molecule has 2 unspecified atom stereocenters. The molecule has 0 bridgehead atoms. The highest BCUT2D eigenvalue weighted by molar-refractivity contribution is 5.94. The molecule has 0 radical (unpaired) electrons. The van der Waals surface area contributed by atoms with Crippen LogP contribution >= 0.6 is 0 Å². The van der Waals surface area contributed by atoms with Crippen LogP contribution < -0.4 is 5.73 Å². The summed E-state index contributed by atoms with van der Waals surface area (Å²) in [5.74, 6) is -0.630. The van der Waals surface area contributed by atoms with Gasteiger partial charge in [0.05, 0.1) is 11.8 Å². The molecule has 86 valence electrons. The molecule has 1 saturated heterocycles. The fourth-order valence-corrected chi connectivity index (χ4v) is 1.88. The number of amides is 1. The number of halogens is 1. The van der Waals surface area contributed by atoms with Crippen molar-refractivity contribution in [3.05, 3.63) is 29.8 Å². The molecule has 2 N–H and O–H groups in total. The molecule has 1 aliphatic heterocycles. The average Bonchev–Trinajstić information content (AvgIpc) is 2.59. The Labute approximate surface area is 93.3 Å². The Morgan fingerprint density at radius 2 is 2.38 bits per heavy atom. The van der Waals surface area contributed by atoms with Gasteiger partial charge in [-0.25, -0.2) is 4.39 Å². The molecule has 2 heterocycles. The van der Waals surface area contributed by atoms with E-state index in [-0.39, 0.29) is 23.4 Å². The molecule has 4 nitrogen and oxygen atoms in total. The molecule has 1 aromatic heterocycles. The highest BCUT2D eigenvalue weighted by Gasteiger charge is 2.31. The zero-order valence-electron chi connectivity index (χ0n) is 9.06. The molecule has 0 saturated carbocycles. The number of pyridine rings is 1. The van der Waals surface area contributed by atoms with Crippen LogP contribution in [0.3, 0.4) is 0 Å². The number of hydrogen-bond donors (Lipinski definition) is 1. The number of nitrogens with zero attached hydrogens (tertiary/aromatic N) is 2. The van der Waals surface area contributed by atoms with Crippen molar-refractivity contribution in [2.45, 2.75) is 13.0 Å². The van der Waals surface area contributed by atoms with E-state index in [0.717, 1.165) is 6.20 Å². The first-order chi connectivity index (χ1) is 7.59. The number of hydrogen-bond acceptors (Lipinski definition) is 3. The molecule has 5 heteroatoms. The molecular formula is C11H14FN3O. The number of nitrogens with two attached hydrogens (primary N) is 1. The predicted molar refractivity (Wildman–Crippen MR) is 57.2 cm³/mol. The van der Waals surface area contributed by atoms with Crippen molar-refractivity contribution in [1.29, 1.82) is 0 Å². The van der Waals surface area contributed by atoms with Crippen molar-refractivity contribution in [1.82, 2.24) is 9.88 Å². The van der Waals surface area contributed by atoms with Crippen LogP contribution in [0.1, 0.15) is 17.3 Å². The highest BCUT2D eigenvalue weighted by atomic mass is 19.1. The third-order valence-corrected chi connectivity index (χ3v) is 2.96. The average molecular weight is 223 g/mol. The zero-order valence-corrected chi connectivity index (χ0v) is 9.06. The van der Waals surface area contributed by atoms with E-state index in [4.69, 9.17) is 5.73 Å². The van der Waals surface area contributed by atoms with Crippen LogP contribution in [0.4, 0.5) is 4.39 Å². The van der Waals surface area contributed by atoms with Gasteiger partial charge in [-0.1, -0.05) is 6.92 Å². The van der Waals surface area contributed by atoms with E-state index in [1.165, 1.54) is 12.3 Å². The minimum Gasteiger partial charge on any atom is -0.337 e. The van der Waals surface area contributed by atoms with Gasteiger partial charge in [-0.2, -0.15) is 0 Å².